The summed E-state index contributed by atoms with van der Waals surface area (Å²) < 4.78 is 4.76. The predicted molar refractivity (Wildman–Crippen MR) is 458 cm³/mol. The molecule has 0 radical (unpaired) electrons. The number of hydrogen-bond donors (Lipinski definition) is 0. The molecule has 0 saturated heterocycles. The van der Waals surface area contributed by atoms with E-state index in [1.165, 1.54) is 132 Å². The summed E-state index contributed by atoms with van der Waals surface area (Å²) >= 11 is 0. The third kappa shape index (κ3) is 11.1. The first kappa shape index (κ1) is 65.5. The van der Waals surface area contributed by atoms with Gasteiger partial charge in [-0.2, -0.15) is 0 Å². The first-order valence-corrected chi connectivity index (χ1v) is 38.2. The van der Waals surface area contributed by atoms with Gasteiger partial charge < -0.3 is 23.8 Å². The molecule has 1 spiro atoms. The number of nitrogens with zero attached hydrogens (tertiary/aromatic N) is 5. The van der Waals surface area contributed by atoms with Gasteiger partial charge in [-0.25, -0.2) is 0 Å². The van der Waals surface area contributed by atoms with Gasteiger partial charge in [-0.3, -0.25) is 0 Å². The van der Waals surface area contributed by atoms with Crippen molar-refractivity contribution in [1.82, 2.24) is 9.13 Å². The van der Waals surface area contributed by atoms with Crippen LogP contribution in [0.25, 0.3) is 101 Å². The number of rotatable bonds is 20. The third-order valence-electron chi connectivity index (χ3n) is 22.8. The summed E-state index contributed by atoms with van der Waals surface area (Å²) in [4.78, 5) is 7.42. The fourth-order valence-corrected chi connectivity index (χ4v) is 17.6. The summed E-state index contributed by atoms with van der Waals surface area (Å²) in [6.07, 6.45) is 12.6. The lowest BCUT2D eigenvalue weighted by atomic mass is 9.64. The Morgan fingerprint density at radius 3 is 1.14 bits per heavy atom. The zero-order chi connectivity index (χ0) is 72.2. The number of fused-ring (bicyclic) bond motifs is 15. The maximum atomic E-state index is 4.01. The van der Waals surface area contributed by atoms with Crippen molar-refractivity contribution in [3.63, 3.8) is 0 Å². The Morgan fingerprint density at radius 1 is 0.296 bits per heavy atom. The van der Waals surface area contributed by atoms with Gasteiger partial charge in [0.25, 0.3) is 0 Å². The number of aryl methyl sites for hydroxylation is 1. The molecule has 0 unspecified atom stereocenters. The van der Waals surface area contributed by atoms with E-state index in [9.17, 15) is 0 Å². The van der Waals surface area contributed by atoms with Crippen LogP contribution in [0, 0.1) is 0 Å². The van der Waals surface area contributed by atoms with Crippen molar-refractivity contribution in [2.75, 3.05) is 14.7 Å². The van der Waals surface area contributed by atoms with Crippen molar-refractivity contribution in [1.29, 1.82) is 0 Å². The molecule has 19 rings (SSSR count). The van der Waals surface area contributed by atoms with Gasteiger partial charge in [0, 0.05) is 72.7 Å². The quantitative estimate of drug-likeness (QED) is 0.0709. The van der Waals surface area contributed by atoms with Crippen molar-refractivity contribution >= 4 is 107 Å². The second-order valence-electron chi connectivity index (χ2n) is 29.0. The highest BCUT2D eigenvalue weighted by Gasteiger charge is 2.52. The van der Waals surface area contributed by atoms with Gasteiger partial charge in [-0.15, -0.1) is 0 Å². The first-order valence-electron chi connectivity index (χ1n) is 38.2. The molecule has 0 bridgehead atoms. The molecule has 2 aromatic heterocycles. The van der Waals surface area contributed by atoms with Crippen LogP contribution in [0.2, 0.25) is 0 Å². The SMILES string of the molecule is C=Cc1ccc(-n2c3ccccc3c3cc(-c4ccc(N(c5ccccc5)c5ccc6c(c5)C5(c7cc(N(c8ccccc8)c8ccc(-c9ccc%10c(c9)c9ccccc9n%10-c9ccc(C=C)cc9)cc8)ccc7-6)c6ccccc6N(c6ccc(CCCCCCCC)cc6)c6ccccc65)cc4)ccc32)cc1. The Bertz CT molecular complexity index is 5890. The average Bonchev–Trinajstić information content (AvgIpc) is 1.45. The average molecular weight is 1390 g/mol. The summed E-state index contributed by atoms with van der Waals surface area (Å²) in [5.74, 6) is 0. The lowest BCUT2D eigenvalue weighted by Gasteiger charge is -2.45. The fraction of sp³-hybridized carbons (Fsp3) is 0.0874. The topological polar surface area (TPSA) is 19.6 Å². The van der Waals surface area contributed by atoms with Crippen LogP contribution in [0.4, 0.5) is 51.2 Å². The van der Waals surface area contributed by atoms with Crippen molar-refractivity contribution in [2.24, 2.45) is 0 Å². The van der Waals surface area contributed by atoms with E-state index in [2.05, 4.69) is 396 Å². The second kappa shape index (κ2) is 27.7. The summed E-state index contributed by atoms with van der Waals surface area (Å²) in [6.45, 7) is 10.3. The number of hydrogen-bond acceptors (Lipinski definition) is 3. The largest absolute Gasteiger partial charge is 0.310 e. The van der Waals surface area contributed by atoms with Crippen LogP contribution in [-0.2, 0) is 11.8 Å². The molecule has 1 aliphatic heterocycles. The van der Waals surface area contributed by atoms with E-state index < -0.39 is 5.41 Å². The molecule has 3 heterocycles. The molecule has 15 aromatic carbocycles. The van der Waals surface area contributed by atoms with E-state index in [1.807, 2.05) is 12.2 Å². The minimum atomic E-state index is -0.788. The lowest BCUT2D eigenvalue weighted by molar-refractivity contribution is 0.607. The molecule has 518 valence electrons. The molecule has 2 aliphatic rings. The molecular formula is C103H81N5. The number of para-hydroxylation sites is 6. The van der Waals surface area contributed by atoms with Gasteiger partial charge in [-0.1, -0.05) is 258 Å². The van der Waals surface area contributed by atoms with E-state index >= 15 is 0 Å². The summed E-state index contributed by atoms with van der Waals surface area (Å²) in [6, 6.07) is 131. The standard InChI is InChI=1S/C103H81N5/c1-4-7-8-9-10-13-26-73-43-55-84(56-44-73)108-101-37-24-20-33-93(101)103(94-34-21-25-38-102(94)108)95-69-85(104(78-27-14-11-15-28-78)80-57-45-74(46-58-80)76-49-65-99-91(67-76)89-31-18-22-35-97(89)106(99)82-51-39-71(5-2)40-52-82)61-63-87(95)88-64-62-86(70-96(88)103)105(79-29-16-12-17-30-79)81-59-47-75(48-60-81)77-50-66-100-92(68-77)90-32-19-23-36-98(90)107(100)83-53-41-72(6-3)42-54-83/h5-6,11-12,14-25,27-70H,2-4,7-10,13,26H2,1H3. The number of benzene rings is 15. The van der Waals surface area contributed by atoms with E-state index in [0.29, 0.717) is 0 Å². The molecule has 0 fully saturated rings. The molecule has 5 nitrogen and oxygen atoms in total. The molecule has 0 atom stereocenters. The minimum Gasteiger partial charge on any atom is -0.310 e. The van der Waals surface area contributed by atoms with Gasteiger partial charge in [-0.05, 0) is 243 Å². The van der Waals surface area contributed by atoms with Gasteiger partial charge >= 0.3 is 0 Å². The maximum absolute atomic E-state index is 4.01. The Balaban J connectivity index is 0.743. The Kier molecular flexibility index (Phi) is 16.8. The van der Waals surface area contributed by atoms with Crippen LogP contribution in [0.15, 0.2) is 365 Å². The van der Waals surface area contributed by atoms with Crippen molar-refractivity contribution < 1.29 is 0 Å². The van der Waals surface area contributed by atoms with Gasteiger partial charge in [0.1, 0.15) is 0 Å². The van der Waals surface area contributed by atoms with Gasteiger partial charge in [0.05, 0.1) is 38.9 Å². The predicted octanol–water partition coefficient (Wildman–Crippen LogP) is 28.5. The first-order chi connectivity index (χ1) is 53.4. The normalized spacial score (nSPS) is 12.5. The Hall–Kier alpha value is -13.2. The molecule has 0 amide bonds. The Morgan fingerprint density at radius 2 is 0.676 bits per heavy atom. The molecule has 0 N–H and O–H groups in total. The summed E-state index contributed by atoms with van der Waals surface area (Å²) in [7, 11) is 0. The Labute approximate surface area is 632 Å². The second-order valence-corrected chi connectivity index (χ2v) is 29.0. The number of aromatic nitrogens is 2. The van der Waals surface area contributed by atoms with Crippen LogP contribution >= 0.6 is 0 Å². The van der Waals surface area contributed by atoms with Crippen LogP contribution in [0.3, 0.4) is 0 Å². The molecule has 1 aliphatic carbocycles. The highest BCUT2D eigenvalue weighted by atomic mass is 15.2. The molecule has 0 saturated carbocycles. The highest BCUT2D eigenvalue weighted by Crippen LogP contribution is 2.65. The fourth-order valence-electron chi connectivity index (χ4n) is 17.6. The van der Waals surface area contributed by atoms with Gasteiger partial charge in [0.2, 0.25) is 0 Å². The van der Waals surface area contributed by atoms with E-state index in [0.717, 1.165) is 91.2 Å². The van der Waals surface area contributed by atoms with Crippen molar-refractivity contribution in [3.8, 4) is 44.8 Å². The van der Waals surface area contributed by atoms with E-state index in [1.54, 1.807) is 0 Å². The van der Waals surface area contributed by atoms with Crippen LogP contribution in [0.1, 0.15) is 84.4 Å². The molecule has 5 heteroatoms. The molecule has 108 heavy (non-hydrogen) atoms. The van der Waals surface area contributed by atoms with E-state index in [4.69, 9.17) is 0 Å². The maximum Gasteiger partial charge on any atom is 0.0755 e. The highest BCUT2D eigenvalue weighted by molar-refractivity contribution is 6.12. The summed E-state index contributed by atoms with van der Waals surface area (Å²) in [5.41, 5.74) is 31.7. The van der Waals surface area contributed by atoms with Crippen LogP contribution < -0.4 is 14.7 Å². The number of anilines is 9. The summed E-state index contributed by atoms with van der Waals surface area (Å²) in [5, 5.41) is 4.89. The lowest BCUT2D eigenvalue weighted by Crippen LogP contribution is -2.36. The van der Waals surface area contributed by atoms with Crippen LogP contribution in [-0.4, -0.2) is 9.13 Å². The zero-order valence-corrected chi connectivity index (χ0v) is 60.7. The van der Waals surface area contributed by atoms with Crippen molar-refractivity contribution in [2.45, 2.75) is 57.3 Å². The van der Waals surface area contributed by atoms with Gasteiger partial charge in [0.15, 0.2) is 0 Å². The van der Waals surface area contributed by atoms with Crippen molar-refractivity contribution in [3.05, 3.63) is 404 Å². The number of unbranched alkanes of at least 4 members (excludes halogenated alkanes) is 5. The third-order valence-corrected chi connectivity index (χ3v) is 22.8. The monoisotopic (exact) mass is 1390 g/mol. The molecular weight excluding hydrogens is 1310 g/mol. The minimum absolute atomic E-state index is 0.788. The van der Waals surface area contributed by atoms with Crippen LogP contribution in [0.5, 0.6) is 0 Å². The zero-order valence-electron chi connectivity index (χ0n) is 60.7. The van der Waals surface area contributed by atoms with E-state index in [-0.39, 0.29) is 0 Å². The molecule has 17 aromatic rings. The smallest absolute Gasteiger partial charge is 0.0755 e.